The number of nitrogens with one attached hydrogen (secondary N) is 2. The van der Waals surface area contributed by atoms with Gasteiger partial charge in [-0.3, -0.25) is 9.59 Å². The van der Waals surface area contributed by atoms with Crippen molar-refractivity contribution >= 4 is 45.7 Å². The van der Waals surface area contributed by atoms with Crippen LogP contribution in [0.15, 0.2) is 5.51 Å². The number of rotatable bonds is 7. The average molecular weight is 356 g/mol. The summed E-state index contributed by atoms with van der Waals surface area (Å²) >= 11 is 6.30. The molecule has 1 aromatic rings. The van der Waals surface area contributed by atoms with E-state index in [0.29, 0.717) is 11.6 Å². The normalized spacial score (nSPS) is 20.1. The van der Waals surface area contributed by atoms with Crippen LogP contribution < -0.4 is 10.6 Å². The average Bonchev–Trinajstić information content (AvgIpc) is 3.10. The van der Waals surface area contributed by atoms with Crippen molar-refractivity contribution in [3.63, 3.8) is 0 Å². The number of hydrogen-bond donors (Lipinski definition) is 2. The van der Waals surface area contributed by atoms with Gasteiger partial charge in [-0.1, -0.05) is 31.1 Å². The smallest absolute Gasteiger partial charge is 0.309 e. The van der Waals surface area contributed by atoms with Gasteiger partial charge in [-0.05, 0) is 31.5 Å². The quantitative estimate of drug-likeness (QED) is 0.440. The third kappa shape index (κ3) is 5.83. The summed E-state index contributed by atoms with van der Waals surface area (Å²) in [5.74, 6) is -0.973. The van der Waals surface area contributed by atoms with Crippen molar-refractivity contribution in [1.29, 1.82) is 0 Å². The molecule has 1 fully saturated rings. The minimum absolute atomic E-state index is 0.0571. The van der Waals surface area contributed by atoms with Gasteiger partial charge in [0, 0.05) is 6.42 Å². The number of amides is 1. The number of cyclic esters (lactones) is 1. The van der Waals surface area contributed by atoms with Crippen molar-refractivity contribution in [2.45, 2.75) is 51.6 Å². The van der Waals surface area contributed by atoms with E-state index in [-0.39, 0.29) is 35.4 Å². The van der Waals surface area contributed by atoms with E-state index in [1.54, 1.807) is 5.51 Å². The van der Waals surface area contributed by atoms with Gasteiger partial charge in [-0.2, -0.15) is 0 Å². The summed E-state index contributed by atoms with van der Waals surface area (Å²) in [7, 11) is 0. The molecule has 2 heterocycles. The van der Waals surface area contributed by atoms with E-state index < -0.39 is 0 Å². The maximum absolute atomic E-state index is 12.0. The maximum atomic E-state index is 12.0. The third-order valence-electron chi connectivity index (χ3n) is 3.56. The first-order valence-electron chi connectivity index (χ1n) is 7.66. The Hall–Kier alpha value is -1.61. The molecule has 1 amide bonds. The molecule has 1 saturated heterocycles. The molecule has 2 atom stereocenters. The molecule has 0 unspecified atom stereocenters. The SMILES string of the molecule is CCCCC[C@@H]1C[C@H](CC(=O)NC(=S)Nc2nncs2)C(=O)O1. The summed E-state index contributed by atoms with van der Waals surface area (Å²) < 4.78 is 5.33. The van der Waals surface area contributed by atoms with Crippen molar-refractivity contribution in [3.8, 4) is 0 Å². The lowest BCUT2D eigenvalue weighted by Gasteiger charge is -2.09. The third-order valence-corrected chi connectivity index (χ3v) is 4.37. The summed E-state index contributed by atoms with van der Waals surface area (Å²) in [6.07, 6.45) is 4.81. The zero-order valence-corrected chi connectivity index (χ0v) is 14.5. The van der Waals surface area contributed by atoms with Gasteiger partial charge in [0.25, 0.3) is 0 Å². The molecule has 1 aliphatic heterocycles. The zero-order chi connectivity index (χ0) is 16.7. The summed E-state index contributed by atoms with van der Waals surface area (Å²) in [5, 5.41) is 13.4. The fraction of sp³-hybridized carbons (Fsp3) is 0.643. The summed E-state index contributed by atoms with van der Waals surface area (Å²) in [5.41, 5.74) is 1.56. The molecule has 0 bridgehead atoms. The number of unbranched alkanes of at least 4 members (excludes halogenated alkanes) is 2. The van der Waals surface area contributed by atoms with Crippen LogP contribution in [0.25, 0.3) is 0 Å². The zero-order valence-electron chi connectivity index (χ0n) is 12.9. The van der Waals surface area contributed by atoms with Crippen molar-refractivity contribution < 1.29 is 14.3 Å². The molecule has 9 heteroatoms. The molecule has 126 valence electrons. The lowest BCUT2D eigenvalue weighted by molar-refractivity contribution is -0.145. The van der Waals surface area contributed by atoms with E-state index in [1.807, 2.05) is 0 Å². The Morgan fingerprint density at radius 3 is 3.04 bits per heavy atom. The van der Waals surface area contributed by atoms with E-state index >= 15 is 0 Å². The fourth-order valence-corrected chi connectivity index (χ4v) is 3.17. The number of aromatic nitrogens is 2. The maximum Gasteiger partial charge on any atom is 0.309 e. The van der Waals surface area contributed by atoms with Gasteiger partial charge < -0.3 is 15.4 Å². The Morgan fingerprint density at radius 1 is 1.52 bits per heavy atom. The van der Waals surface area contributed by atoms with Crippen molar-refractivity contribution in [2.24, 2.45) is 5.92 Å². The van der Waals surface area contributed by atoms with Crippen molar-refractivity contribution in [2.75, 3.05) is 5.32 Å². The second-order valence-electron chi connectivity index (χ2n) is 5.44. The molecule has 7 nitrogen and oxygen atoms in total. The number of hydrogen-bond acceptors (Lipinski definition) is 7. The largest absolute Gasteiger partial charge is 0.462 e. The van der Waals surface area contributed by atoms with Crippen LogP contribution in [0.5, 0.6) is 0 Å². The van der Waals surface area contributed by atoms with Crippen molar-refractivity contribution in [1.82, 2.24) is 15.5 Å². The van der Waals surface area contributed by atoms with Crippen LogP contribution in [0, 0.1) is 5.92 Å². The number of anilines is 1. The van der Waals surface area contributed by atoms with Crippen LogP contribution in [0.3, 0.4) is 0 Å². The first-order chi connectivity index (χ1) is 11.1. The molecule has 23 heavy (non-hydrogen) atoms. The molecule has 0 spiro atoms. The Labute approximate surface area is 144 Å². The van der Waals surface area contributed by atoms with Gasteiger partial charge in [0.1, 0.15) is 11.6 Å². The predicted octanol–water partition coefficient (Wildman–Crippen LogP) is 2.25. The predicted molar refractivity (Wildman–Crippen MR) is 91.0 cm³/mol. The minimum Gasteiger partial charge on any atom is -0.462 e. The fourth-order valence-electron chi connectivity index (χ4n) is 2.44. The van der Waals surface area contributed by atoms with Crippen LogP contribution in [0.1, 0.15) is 45.4 Å². The minimum atomic E-state index is -0.383. The van der Waals surface area contributed by atoms with Gasteiger partial charge in [0.2, 0.25) is 11.0 Å². The van der Waals surface area contributed by atoms with Gasteiger partial charge in [0.05, 0.1) is 5.92 Å². The highest BCUT2D eigenvalue weighted by molar-refractivity contribution is 7.80. The summed E-state index contributed by atoms with van der Waals surface area (Å²) in [4.78, 5) is 23.8. The highest BCUT2D eigenvalue weighted by Gasteiger charge is 2.35. The van der Waals surface area contributed by atoms with E-state index in [1.165, 1.54) is 11.3 Å². The molecular formula is C14H20N4O3S2. The Balaban J connectivity index is 1.72. The number of carbonyl (C=O) groups excluding carboxylic acids is 2. The van der Waals surface area contributed by atoms with Crippen LogP contribution in [-0.2, 0) is 14.3 Å². The lowest BCUT2D eigenvalue weighted by Crippen LogP contribution is -2.35. The van der Waals surface area contributed by atoms with E-state index in [4.69, 9.17) is 17.0 Å². The number of ether oxygens (including phenoxy) is 1. The molecular weight excluding hydrogens is 336 g/mol. The second-order valence-corrected chi connectivity index (χ2v) is 6.68. The van der Waals surface area contributed by atoms with Gasteiger partial charge in [-0.25, -0.2) is 0 Å². The van der Waals surface area contributed by atoms with E-state index in [9.17, 15) is 9.59 Å². The Bertz CT molecular complexity index is 550. The van der Waals surface area contributed by atoms with E-state index in [2.05, 4.69) is 27.8 Å². The summed E-state index contributed by atoms with van der Waals surface area (Å²) in [6.45, 7) is 2.13. The van der Waals surface area contributed by atoms with Gasteiger partial charge in [-0.15, -0.1) is 10.2 Å². The second kappa shape index (κ2) is 8.88. The molecule has 0 aliphatic carbocycles. The van der Waals surface area contributed by atoms with Crippen LogP contribution >= 0.6 is 23.6 Å². The highest BCUT2D eigenvalue weighted by atomic mass is 32.1. The monoisotopic (exact) mass is 356 g/mol. The van der Waals surface area contributed by atoms with E-state index in [0.717, 1.165) is 25.7 Å². The topological polar surface area (TPSA) is 93.2 Å². The van der Waals surface area contributed by atoms with Gasteiger partial charge >= 0.3 is 5.97 Å². The van der Waals surface area contributed by atoms with Crippen LogP contribution in [-0.4, -0.2) is 33.3 Å². The standard InChI is InChI=1S/C14H20N4O3S2/c1-2-3-4-5-10-6-9(12(20)21-10)7-11(19)16-13(22)17-14-18-15-8-23-14/h8-10H,2-7H2,1H3,(H2,16,17,18,19,22)/t9-,10-/m1/s1. The molecule has 0 radical (unpaired) electrons. The molecule has 0 aromatic carbocycles. The number of nitrogens with zero attached hydrogens (tertiary/aromatic N) is 2. The van der Waals surface area contributed by atoms with Gasteiger partial charge in [0.15, 0.2) is 5.11 Å². The lowest BCUT2D eigenvalue weighted by atomic mass is 9.98. The summed E-state index contributed by atoms with van der Waals surface area (Å²) in [6, 6.07) is 0. The number of carbonyl (C=O) groups is 2. The first kappa shape index (κ1) is 17.7. The Kier molecular flexibility index (Phi) is 6.85. The number of thiocarbonyl (C=S) groups is 1. The van der Waals surface area contributed by atoms with Crippen LogP contribution in [0.2, 0.25) is 0 Å². The molecule has 2 rings (SSSR count). The molecule has 1 aromatic heterocycles. The highest BCUT2D eigenvalue weighted by Crippen LogP contribution is 2.27. The number of esters is 1. The van der Waals surface area contributed by atoms with Crippen molar-refractivity contribution in [3.05, 3.63) is 5.51 Å². The Morgan fingerprint density at radius 2 is 2.35 bits per heavy atom. The van der Waals surface area contributed by atoms with Crippen LogP contribution in [0.4, 0.5) is 5.13 Å². The molecule has 1 aliphatic rings. The molecule has 2 N–H and O–H groups in total. The first-order valence-corrected chi connectivity index (χ1v) is 8.94. The molecule has 0 saturated carbocycles.